The van der Waals surface area contributed by atoms with Crippen LogP contribution < -0.4 is 5.32 Å². The molecule has 212 valence electrons. The summed E-state index contributed by atoms with van der Waals surface area (Å²) in [6, 6.07) is 10.4. The van der Waals surface area contributed by atoms with E-state index >= 15 is 0 Å². The topological polar surface area (TPSA) is 47.9 Å². The van der Waals surface area contributed by atoms with E-state index in [4.69, 9.17) is 4.99 Å². The van der Waals surface area contributed by atoms with E-state index < -0.39 is 0 Å². The van der Waals surface area contributed by atoms with E-state index in [1.165, 1.54) is 36.2 Å². The number of likely N-dealkylation sites (N-methyl/N-ethyl adjacent to an activating group) is 1. The molecule has 6 heteroatoms. The first kappa shape index (κ1) is 30.8. The number of guanidine groups is 1. The number of thioether (sulfide) groups is 1. The third kappa shape index (κ3) is 8.14. The zero-order chi connectivity index (χ0) is 28.5. The van der Waals surface area contributed by atoms with Gasteiger partial charge in [0.1, 0.15) is 5.70 Å². The van der Waals surface area contributed by atoms with Gasteiger partial charge in [0.25, 0.3) is 0 Å². The van der Waals surface area contributed by atoms with Crippen LogP contribution in [0.1, 0.15) is 64.9 Å². The number of rotatable bonds is 13. The highest BCUT2D eigenvalue weighted by atomic mass is 32.2. The molecule has 1 aromatic carbocycles. The number of aldehydes is 1. The van der Waals surface area contributed by atoms with Crippen molar-refractivity contribution in [2.24, 2.45) is 22.7 Å². The maximum Gasteiger partial charge on any atom is 0.198 e. The fourth-order valence-corrected chi connectivity index (χ4v) is 6.92. The summed E-state index contributed by atoms with van der Waals surface area (Å²) in [5.74, 6) is 3.13. The molecule has 0 radical (unpaired) electrons. The highest BCUT2D eigenvalue weighted by molar-refractivity contribution is 8.11. The normalized spacial score (nSPS) is 20.8. The second kappa shape index (κ2) is 14.6. The van der Waals surface area contributed by atoms with E-state index in [0.29, 0.717) is 11.6 Å². The molecule has 0 aliphatic heterocycles. The minimum Gasteiger partial charge on any atom is -0.373 e. The van der Waals surface area contributed by atoms with Crippen molar-refractivity contribution < 1.29 is 4.79 Å². The van der Waals surface area contributed by atoms with Gasteiger partial charge in [-0.2, -0.15) is 0 Å². The molecule has 3 unspecified atom stereocenters. The van der Waals surface area contributed by atoms with Crippen LogP contribution in [0.15, 0.2) is 75.9 Å². The van der Waals surface area contributed by atoms with Gasteiger partial charge in [-0.25, -0.2) is 0 Å². The van der Waals surface area contributed by atoms with Crippen LogP contribution >= 0.6 is 11.8 Å². The van der Waals surface area contributed by atoms with E-state index in [1.807, 2.05) is 32.1 Å². The summed E-state index contributed by atoms with van der Waals surface area (Å²) in [5, 5.41) is 3.60. The predicted octanol–water partition coefficient (Wildman–Crippen LogP) is 7.33. The summed E-state index contributed by atoms with van der Waals surface area (Å²) in [4.78, 5) is 23.5. The molecule has 5 nitrogen and oxygen atoms in total. The number of nitrogens with one attached hydrogen (secondary N) is 1. The molecule has 0 aromatic heterocycles. The van der Waals surface area contributed by atoms with Crippen LogP contribution in [0.3, 0.4) is 0 Å². The third-order valence-electron chi connectivity index (χ3n) is 8.08. The molecule has 3 atom stereocenters. The number of carbonyl (C=O) groups is 1. The molecule has 2 saturated carbocycles. The largest absolute Gasteiger partial charge is 0.373 e. The maximum atomic E-state index is 12.2. The molecule has 3 rings (SSSR count). The Hall–Kier alpha value is -2.73. The average Bonchev–Trinajstić information content (AvgIpc) is 3.54. The molecule has 2 bridgehead atoms. The second-order valence-electron chi connectivity index (χ2n) is 11.4. The predicted molar refractivity (Wildman–Crippen MR) is 169 cm³/mol. The Morgan fingerprint density at radius 1 is 1.15 bits per heavy atom. The molecule has 2 aliphatic rings. The monoisotopic (exact) mass is 548 g/mol. The van der Waals surface area contributed by atoms with Crippen molar-refractivity contribution in [1.82, 2.24) is 15.1 Å². The number of fused-ring (bicyclic) bond motifs is 2. The summed E-state index contributed by atoms with van der Waals surface area (Å²) in [5.41, 5.74) is 4.69. The van der Waals surface area contributed by atoms with Crippen LogP contribution in [0.5, 0.6) is 0 Å². The van der Waals surface area contributed by atoms with Crippen LogP contribution in [0, 0.1) is 17.8 Å². The fraction of sp³-hybridized carbons (Fsp3) is 0.515. The smallest absolute Gasteiger partial charge is 0.198 e. The fourth-order valence-electron chi connectivity index (χ4n) is 5.94. The molecule has 39 heavy (non-hydrogen) atoms. The Morgan fingerprint density at radius 3 is 2.38 bits per heavy atom. The molecule has 2 aliphatic carbocycles. The van der Waals surface area contributed by atoms with Gasteiger partial charge in [-0.05, 0) is 68.4 Å². The lowest BCUT2D eigenvalue weighted by atomic mass is 9.88. The van der Waals surface area contributed by atoms with Gasteiger partial charge >= 0.3 is 0 Å². The Labute approximate surface area is 241 Å². The van der Waals surface area contributed by atoms with Gasteiger partial charge in [0.05, 0.1) is 12.2 Å². The molecule has 0 amide bonds. The van der Waals surface area contributed by atoms with E-state index in [0.717, 1.165) is 71.8 Å². The highest BCUT2D eigenvalue weighted by Gasteiger charge is 2.40. The van der Waals surface area contributed by atoms with E-state index in [1.54, 1.807) is 11.8 Å². The van der Waals surface area contributed by atoms with E-state index in [-0.39, 0.29) is 0 Å². The van der Waals surface area contributed by atoms with Crippen molar-refractivity contribution in [1.29, 1.82) is 0 Å². The average molecular weight is 549 g/mol. The third-order valence-corrected chi connectivity index (χ3v) is 9.34. The van der Waals surface area contributed by atoms with Gasteiger partial charge in [0.15, 0.2) is 12.2 Å². The summed E-state index contributed by atoms with van der Waals surface area (Å²) < 4.78 is 0. The summed E-state index contributed by atoms with van der Waals surface area (Å²) in [6.07, 6.45) is 8.08. The molecular formula is C33H48N4OS. The highest BCUT2D eigenvalue weighted by Crippen LogP contribution is 2.48. The summed E-state index contributed by atoms with van der Waals surface area (Å²) >= 11 is 1.75. The number of nitrogens with zero attached hydrogens (tertiary/aromatic N) is 3. The Kier molecular flexibility index (Phi) is 11.5. The number of benzene rings is 1. The van der Waals surface area contributed by atoms with E-state index in [9.17, 15) is 4.79 Å². The van der Waals surface area contributed by atoms with Gasteiger partial charge in [-0.1, -0.05) is 80.6 Å². The van der Waals surface area contributed by atoms with Crippen molar-refractivity contribution in [2.45, 2.75) is 59.3 Å². The van der Waals surface area contributed by atoms with Gasteiger partial charge in [-0.15, -0.1) is 0 Å². The first-order chi connectivity index (χ1) is 18.7. The quantitative estimate of drug-likeness (QED) is 0.0920. The van der Waals surface area contributed by atoms with Crippen molar-refractivity contribution in [3.63, 3.8) is 0 Å². The molecular weight excluding hydrogens is 500 g/mol. The van der Waals surface area contributed by atoms with Crippen LogP contribution in [0.2, 0.25) is 0 Å². The SMILES string of the molecule is C=C(CCC)/C(NC(=NC)N(CC(SC(=C)c1ccccc1)=C(C)C)CC1CC2CCC1C2)=C(/C=O)N(C)C. The van der Waals surface area contributed by atoms with Crippen molar-refractivity contribution >= 4 is 28.9 Å². The van der Waals surface area contributed by atoms with Crippen molar-refractivity contribution in [3.8, 4) is 0 Å². The van der Waals surface area contributed by atoms with Crippen molar-refractivity contribution in [3.05, 3.63) is 76.5 Å². The second-order valence-corrected chi connectivity index (χ2v) is 12.6. The molecule has 0 saturated heterocycles. The molecule has 0 heterocycles. The molecule has 0 spiro atoms. The van der Waals surface area contributed by atoms with Crippen LogP contribution in [-0.2, 0) is 4.79 Å². The van der Waals surface area contributed by atoms with E-state index in [2.05, 4.69) is 68.4 Å². The van der Waals surface area contributed by atoms with Crippen LogP contribution in [0.4, 0.5) is 0 Å². The van der Waals surface area contributed by atoms with Gasteiger partial charge in [-0.3, -0.25) is 9.79 Å². The molecule has 1 N–H and O–H groups in total. The van der Waals surface area contributed by atoms with Crippen LogP contribution in [-0.4, -0.2) is 56.3 Å². The first-order valence-electron chi connectivity index (χ1n) is 14.3. The number of hydrogen-bond acceptors (Lipinski definition) is 4. The Bertz CT molecular complexity index is 1110. The minimum absolute atomic E-state index is 0.587. The lowest BCUT2D eigenvalue weighted by Gasteiger charge is -2.34. The lowest BCUT2D eigenvalue weighted by molar-refractivity contribution is -0.106. The zero-order valence-electron chi connectivity index (χ0n) is 24.9. The zero-order valence-corrected chi connectivity index (χ0v) is 25.7. The number of aliphatic imine (C=N–C) groups is 1. The molecule has 2 fully saturated rings. The standard InChI is InChI=1S/C33H48N4OS/c1-9-13-24(4)32(30(22-38)36(7)8)35-33(34-6)37(20-29-19-26-16-17-28(29)18-26)21-31(23(2)3)39-25(5)27-14-11-10-12-15-27/h10-12,14-15,22,26,28-29H,4-5,9,13,16-21H2,1-3,6-8H3,(H,34,35)/b32-30+. The minimum atomic E-state index is 0.587. The lowest BCUT2D eigenvalue weighted by Crippen LogP contribution is -2.46. The first-order valence-corrected chi connectivity index (χ1v) is 15.1. The molecule has 1 aromatic rings. The van der Waals surface area contributed by atoms with Crippen molar-refractivity contribution in [2.75, 3.05) is 34.2 Å². The van der Waals surface area contributed by atoms with Gasteiger partial charge < -0.3 is 15.1 Å². The Morgan fingerprint density at radius 2 is 1.87 bits per heavy atom. The Balaban J connectivity index is 1.94. The van der Waals surface area contributed by atoms with Crippen LogP contribution in [0.25, 0.3) is 4.91 Å². The van der Waals surface area contributed by atoms with Gasteiger partial charge in [0.2, 0.25) is 0 Å². The summed E-state index contributed by atoms with van der Waals surface area (Å²) in [7, 11) is 5.63. The number of carbonyl (C=O) groups excluding carboxylic acids is 1. The number of hydrogen-bond donors (Lipinski definition) is 1. The maximum absolute atomic E-state index is 12.2. The summed E-state index contributed by atoms with van der Waals surface area (Å²) in [6.45, 7) is 16.9. The number of allylic oxidation sites excluding steroid dienone is 3. The van der Waals surface area contributed by atoms with Gasteiger partial charge in [0, 0.05) is 37.5 Å².